The minimum absolute atomic E-state index is 0.237. The van der Waals surface area contributed by atoms with Crippen LogP contribution in [0.3, 0.4) is 0 Å². The number of amides is 1. The molecule has 6 heteroatoms. The van der Waals surface area contributed by atoms with E-state index in [9.17, 15) is 14.4 Å². The van der Waals surface area contributed by atoms with E-state index in [4.69, 9.17) is 4.74 Å². The standard InChI is InChI=1S/C11H17NO5/c1-2-17-11(15)8-9(13)7-10(14)12-3-5-16-6-4-12/h2-8H2,1H3. The SMILES string of the molecule is CCOC(=O)CC(=O)CC(=O)N1CCOCC1. The molecular formula is C11H17NO5. The third kappa shape index (κ3) is 4.95. The monoisotopic (exact) mass is 243 g/mol. The highest BCUT2D eigenvalue weighted by Crippen LogP contribution is 2.02. The summed E-state index contributed by atoms with van der Waals surface area (Å²) in [4.78, 5) is 35.6. The summed E-state index contributed by atoms with van der Waals surface area (Å²) < 4.78 is 9.73. The Balaban J connectivity index is 2.29. The Hall–Kier alpha value is -1.43. The maximum atomic E-state index is 11.6. The van der Waals surface area contributed by atoms with Gasteiger partial charge in [-0.15, -0.1) is 0 Å². The van der Waals surface area contributed by atoms with Gasteiger partial charge in [0.25, 0.3) is 0 Å². The first-order valence-electron chi connectivity index (χ1n) is 5.66. The second-order valence-corrected chi connectivity index (χ2v) is 3.69. The van der Waals surface area contributed by atoms with Gasteiger partial charge in [0.15, 0.2) is 5.78 Å². The van der Waals surface area contributed by atoms with Gasteiger partial charge in [0.05, 0.1) is 26.2 Å². The van der Waals surface area contributed by atoms with Crippen LogP contribution < -0.4 is 0 Å². The fourth-order valence-electron chi connectivity index (χ4n) is 1.53. The minimum atomic E-state index is -0.577. The van der Waals surface area contributed by atoms with Gasteiger partial charge in [0, 0.05) is 13.1 Å². The Bertz CT molecular complexity index is 296. The number of morpholine rings is 1. The van der Waals surface area contributed by atoms with Gasteiger partial charge >= 0.3 is 5.97 Å². The first-order chi connectivity index (χ1) is 8.13. The molecule has 0 unspecified atom stereocenters. The van der Waals surface area contributed by atoms with E-state index in [0.717, 1.165) is 0 Å². The molecule has 1 heterocycles. The van der Waals surface area contributed by atoms with Crippen molar-refractivity contribution in [1.29, 1.82) is 0 Å². The Kier molecular flexibility index (Phi) is 5.62. The van der Waals surface area contributed by atoms with E-state index in [2.05, 4.69) is 4.74 Å². The van der Waals surface area contributed by atoms with Gasteiger partial charge in [-0.05, 0) is 6.92 Å². The van der Waals surface area contributed by atoms with Crippen LogP contribution in [0.5, 0.6) is 0 Å². The lowest BCUT2D eigenvalue weighted by Crippen LogP contribution is -2.41. The van der Waals surface area contributed by atoms with Crippen molar-refractivity contribution < 1.29 is 23.9 Å². The van der Waals surface area contributed by atoms with Crippen LogP contribution in [0.1, 0.15) is 19.8 Å². The zero-order valence-electron chi connectivity index (χ0n) is 9.94. The van der Waals surface area contributed by atoms with E-state index in [-0.39, 0.29) is 25.4 Å². The van der Waals surface area contributed by atoms with Gasteiger partial charge in [-0.1, -0.05) is 0 Å². The lowest BCUT2D eigenvalue weighted by Gasteiger charge is -2.26. The number of hydrogen-bond donors (Lipinski definition) is 0. The molecule has 0 spiro atoms. The van der Waals surface area contributed by atoms with Crippen LogP contribution in [0.25, 0.3) is 0 Å². The van der Waals surface area contributed by atoms with Gasteiger partial charge < -0.3 is 14.4 Å². The third-order valence-electron chi connectivity index (χ3n) is 2.36. The summed E-state index contributed by atoms with van der Waals surface area (Å²) in [5.41, 5.74) is 0. The summed E-state index contributed by atoms with van der Waals surface area (Å²) in [5, 5.41) is 0. The highest BCUT2D eigenvalue weighted by Gasteiger charge is 2.21. The van der Waals surface area contributed by atoms with Crippen molar-refractivity contribution in [3.8, 4) is 0 Å². The summed E-state index contributed by atoms with van der Waals surface area (Å²) in [5.74, 6) is -1.23. The largest absolute Gasteiger partial charge is 0.466 e. The molecule has 96 valence electrons. The summed E-state index contributed by atoms with van der Waals surface area (Å²) in [6.45, 7) is 3.91. The maximum Gasteiger partial charge on any atom is 0.313 e. The van der Waals surface area contributed by atoms with E-state index in [0.29, 0.717) is 26.3 Å². The van der Waals surface area contributed by atoms with Crippen molar-refractivity contribution >= 4 is 17.7 Å². The number of carbonyl (C=O) groups is 3. The number of carbonyl (C=O) groups excluding carboxylic acids is 3. The lowest BCUT2D eigenvalue weighted by molar-refractivity contribution is -0.146. The average molecular weight is 243 g/mol. The van der Waals surface area contributed by atoms with Crippen molar-refractivity contribution in [3.63, 3.8) is 0 Å². The number of esters is 1. The summed E-state index contributed by atoms with van der Waals surface area (Å²) in [6.07, 6.45) is -0.567. The molecule has 1 saturated heterocycles. The van der Waals surface area contributed by atoms with Crippen LogP contribution in [0.4, 0.5) is 0 Å². The normalized spacial score (nSPS) is 15.5. The number of nitrogens with zero attached hydrogens (tertiary/aromatic N) is 1. The lowest BCUT2D eigenvalue weighted by atomic mass is 10.2. The predicted molar refractivity (Wildman–Crippen MR) is 58.3 cm³/mol. The van der Waals surface area contributed by atoms with Gasteiger partial charge in [-0.3, -0.25) is 14.4 Å². The van der Waals surface area contributed by atoms with Crippen LogP contribution in [-0.2, 0) is 23.9 Å². The highest BCUT2D eigenvalue weighted by molar-refractivity contribution is 6.04. The van der Waals surface area contributed by atoms with Gasteiger partial charge in [-0.25, -0.2) is 0 Å². The maximum absolute atomic E-state index is 11.6. The average Bonchev–Trinajstić information content (AvgIpc) is 2.30. The molecule has 0 aromatic carbocycles. The zero-order chi connectivity index (χ0) is 12.7. The molecule has 0 atom stereocenters. The predicted octanol–water partition coefficient (Wildman–Crippen LogP) is -0.242. The molecule has 0 saturated carbocycles. The van der Waals surface area contributed by atoms with Gasteiger partial charge in [0.2, 0.25) is 5.91 Å². The number of Topliss-reactive ketones (excluding diaryl/α,β-unsaturated/α-hetero) is 1. The molecule has 1 rings (SSSR count). The first kappa shape index (κ1) is 13.6. The summed E-state index contributed by atoms with van der Waals surface area (Å²) >= 11 is 0. The van der Waals surface area contributed by atoms with Gasteiger partial charge in [0.1, 0.15) is 6.42 Å². The van der Waals surface area contributed by atoms with Crippen LogP contribution in [0, 0.1) is 0 Å². The second kappa shape index (κ2) is 7.01. The van der Waals surface area contributed by atoms with Crippen LogP contribution >= 0.6 is 0 Å². The fraction of sp³-hybridized carbons (Fsp3) is 0.727. The molecule has 0 aliphatic carbocycles. The molecule has 1 aliphatic rings. The van der Waals surface area contributed by atoms with E-state index in [1.807, 2.05) is 0 Å². The number of hydrogen-bond acceptors (Lipinski definition) is 5. The Morgan fingerprint density at radius 2 is 1.82 bits per heavy atom. The molecule has 0 N–H and O–H groups in total. The molecule has 0 bridgehead atoms. The molecular weight excluding hydrogens is 226 g/mol. The topological polar surface area (TPSA) is 72.9 Å². The van der Waals surface area contributed by atoms with Crippen molar-refractivity contribution in [3.05, 3.63) is 0 Å². The van der Waals surface area contributed by atoms with E-state index < -0.39 is 11.8 Å². The number of ketones is 1. The fourth-order valence-corrected chi connectivity index (χ4v) is 1.53. The summed E-state index contributed by atoms with van der Waals surface area (Å²) in [6, 6.07) is 0. The third-order valence-corrected chi connectivity index (χ3v) is 2.36. The molecule has 6 nitrogen and oxygen atoms in total. The molecule has 17 heavy (non-hydrogen) atoms. The van der Waals surface area contributed by atoms with E-state index >= 15 is 0 Å². The molecule has 1 aliphatic heterocycles. The number of rotatable bonds is 5. The first-order valence-corrected chi connectivity index (χ1v) is 5.66. The molecule has 1 amide bonds. The minimum Gasteiger partial charge on any atom is -0.466 e. The number of ether oxygens (including phenoxy) is 2. The van der Waals surface area contributed by atoms with Gasteiger partial charge in [-0.2, -0.15) is 0 Å². The van der Waals surface area contributed by atoms with Crippen molar-refractivity contribution in [1.82, 2.24) is 4.90 Å². The van der Waals surface area contributed by atoms with Crippen molar-refractivity contribution in [2.45, 2.75) is 19.8 Å². The summed E-state index contributed by atoms with van der Waals surface area (Å²) in [7, 11) is 0. The van der Waals surface area contributed by atoms with Crippen LogP contribution in [0.2, 0.25) is 0 Å². The second-order valence-electron chi connectivity index (χ2n) is 3.69. The molecule has 0 radical (unpaired) electrons. The molecule has 0 aromatic heterocycles. The van der Waals surface area contributed by atoms with Crippen LogP contribution in [0.15, 0.2) is 0 Å². The molecule has 1 fully saturated rings. The Morgan fingerprint density at radius 3 is 2.41 bits per heavy atom. The van der Waals surface area contributed by atoms with Crippen molar-refractivity contribution in [2.24, 2.45) is 0 Å². The Labute approximate surface area is 99.9 Å². The molecule has 0 aromatic rings. The van der Waals surface area contributed by atoms with Crippen LogP contribution in [-0.4, -0.2) is 55.5 Å². The highest BCUT2D eigenvalue weighted by atomic mass is 16.5. The quantitative estimate of drug-likeness (QED) is 0.492. The van der Waals surface area contributed by atoms with E-state index in [1.165, 1.54) is 0 Å². The smallest absolute Gasteiger partial charge is 0.313 e. The Morgan fingerprint density at radius 1 is 1.18 bits per heavy atom. The zero-order valence-corrected chi connectivity index (χ0v) is 9.94. The van der Waals surface area contributed by atoms with E-state index in [1.54, 1.807) is 11.8 Å². The van der Waals surface area contributed by atoms with Crippen molar-refractivity contribution in [2.75, 3.05) is 32.9 Å².